The van der Waals surface area contributed by atoms with E-state index in [-0.39, 0.29) is 12.5 Å². The lowest BCUT2D eigenvalue weighted by atomic mass is 10.2. The predicted molar refractivity (Wildman–Crippen MR) is 129 cm³/mol. The number of halogens is 2. The molecule has 1 aliphatic rings. The van der Waals surface area contributed by atoms with Crippen LogP contribution >= 0.6 is 39.3 Å². The van der Waals surface area contributed by atoms with Gasteiger partial charge in [-0.05, 0) is 76.6 Å². The van der Waals surface area contributed by atoms with Crippen LogP contribution in [-0.4, -0.2) is 37.3 Å². The topological polar surface area (TPSA) is 112 Å². The summed E-state index contributed by atoms with van der Waals surface area (Å²) < 4.78 is 16.9. The summed E-state index contributed by atoms with van der Waals surface area (Å²) in [6.45, 7) is 1.92. The Hall–Kier alpha value is -2.69. The number of benzene rings is 2. The maximum Gasteiger partial charge on any atom is 0.264 e. The number of primary amides is 1. The first-order valence-corrected chi connectivity index (χ1v) is 11.3. The number of thioether (sulfide) groups is 1. The van der Waals surface area contributed by atoms with Crippen molar-refractivity contribution in [3.63, 3.8) is 0 Å². The Labute approximate surface area is 202 Å². The summed E-state index contributed by atoms with van der Waals surface area (Å²) in [5, 5.41) is 3.63. The van der Waals surface area contributed by atoms with E-state index in [9.17, 15) is 9.59 Å². The number of nitrogens with zero attached hydrogens (tertiary/aromatic N) is 1. The minimum Gasteiger partial charge on any atom is -0.494 e. The lowest BCUT2D eigenvalue weighted by Crippen LogP contribution is -2.20. The maximum atomic E-state index is 12.5. The van der Waals surface area contributed by atoms with Gasteiger partial charge in [0, 0.05) is 5.02 Å². The fraction of sp³-hybridized carbons (Fsp3) is 0.190. The molecule has 3 N–H and O–H groups in total. The Morgan fingerprint density at radius 1 is 1.28 bits per heavy atom. The minimum absolute atomic E-state index is 0.288. The van der Waals surface area contributed by atoms with Crippen LogP contribution in [0.15, 0.2) is 44.7 Å². The van der Waals surface area contributed by atoms with E-state index < -0.39 is 5.91 Å². The molecule has 1 aliphatic heterocycles. The van der Waals surface area contributed by atoms with Crippen molar-refractivity contribution >= 4 is 68.0 Å². The van der Waals surface area contributed by atoms with Crippen molar-refractivity contribution < 1.29 is 23.8 Å². The third-order valence-corrected chi connectivity index (χ3v) is 5.74. The number of hydrogen-bond donors (Lipinski definition) is 2. The van der Waals surface area contributed by atoms with Gasteiger partial charge in [-0.2, -0.15) is 0 Å². The van der Waals surface area contributed by atoms with Gasteiger partial charge in [0.1, 0.15) is 11.4 Å². The van der Waals surface area contributed by atoms with Crippen molar-refractivity contribution in [2.75, 3.05) is 20.3 Å². The number of methoxy groups -OCH3 is 1. The van der Waals surface area contributed by atoms with Gasteiger partial charge in [-0.3, -0.25) is 9.59 Å². The first kappa shape index (κ1) is 24.0. The summed E-state index contributed by atoms with van der Waals surface area (Å²) in [7, 11) is 1.53. The molecule has 0 bridgehead atoms. The third kappa shape index (κ3) is 5.96. The molecule has 0 spiro atoms. The second-order valence-electron chi connectivity index (χ2n) is 6.32. The normalized spacial score (nSPS) is 15.7. The molecular formula is C21H19BrClN3O5S. The molecule has 2 aromatic carbocycles. The van der Waals surface area contributed by atoms with Crippen LogP contribution in [0, 0.1) is 0 Å². The summed E-state index contributed by atoms with van der Waals surface area (Å²) in [6.07, 6.45) is 1.70. The van der Waals surface area contributed by atoms with E-state index in [1.165, 1.54) is 18.9 Å². The Morgan fingerprint density at radius 3 is 2.75 bits per heavy atom. The van der Waals surface area contributed by atoms with Crippen LogP contribution in [0.25, 0.3) is 6.08 Å². The lowest BCUT2D eigenvalue weighted by molar-refractivity contribution is -0.120. The van der Waals surface area contributed by atoms with Crippen molar-refractivity contribution in [1.82, 2.24) is 5.32 Å². The van der Waals surface area contributed by atoms with Gasteiger partial charge < -0.3 is 25.3 Å². The molecule has 0 aromatic heterocycles. The van der Waals surface area contributed by atoms with E-state index >= 15 is 0 Å². The summed E-state index contributed by atoms with van der Waals surface area (Å²) in [5.41, 5.74) is 6.35. The first-order valence-electron chi connectivity index (χ1n) is 9.31. The summed E-state index contributed by atoms with van der Waals surface area (Å²) >= 11 is 10.6. The van der Waals surface area contributed by atoms with Crippen molar-refractivity contribution in [1.29, 1.82) is 0 Å². The lowest BCUT2D eigenvalue weighted by Gasteiger charge is -2.13. The van der Waals surface area contributed by atoms with E-state index in [1.807, 2.05) is 6.92 Å². The molecule has 0 radical (unpaired) electrons. The number of carbonyl (C=O) groups is 2. The molecule has 1 fully saturated rings. The molecular weight excluding hydrogens is 522 g/mol. The number of ether oxygens (including phenoxy) is 3. The van der Waals surface area contributed by atoms with Gasteiger partial charge in [0.25, 0.3) is 11.8 Å². The van der Waals surface area contributed by atoms with Crippen LogP contribution in [0.3, 0.4) is 0 Å². The summed E-state index contributed by atoms with van der Waals surface area (Å²) in [4.78, 5) is 28.4. The zero-order chi connectivity index (χ0) is 23.3. The molecule has 1 saturated heterocycles. The molecule has 0 saturated carbocycles. The van der Waals surface area contributed by atoms with Crippen LogP contribution in [0.1, 0.15) is 12.5 Å². The fourth-order valence-corrected chi connectivity index (χ4v) is 4.28. The van der Waals surface area contributed by atoms with Gasteiger partial charge in [0.2, 0.25) is 0 Å². The van der Waals surface area contributed by atoms with E-state index in [2.05, 4.69) is 26.2 Å². The number of amidine groups is 1. The van der Waals surface area contributed by atoms with Crippen molar-refractivity contribution in [3.05, 3.63) is 50.3 Å². The highest BCUT2D eigenvalue weighted by Crippen LogP contribution is 2.39. The molecule has 0 aliphatic carbocycles. The number of nitrogens with two attached hydrogens (primary N) is 1. The third-order valence-electron chi connectivity index (χ3n) is 4.00. The Bertz CT molecular complexity index is 1120. The average Bonchev–Trinajstić information content (AvgIpc) is 3.06. The highest BCUT2D eigenvalue weighted by Gasteiger charge is 2.25. The Morgan fingerprint density at radius 2 is 2.06 bits per heavy atom. The molecule has 3 rings (SSSR count). The van der Waals surface area contributed by atoms with E-state index in [0.29, 0.717) is 54.7 Å². The van der Waals surface area contributed by atoms with E-state index in [1.54, 1.807) is 36.4 Å². The molecule has 0 atom stereocenters. The highest BCUT2D eigenvalue weighted by molar-refractivity contribution is 9.10. The van der Waals surface area contributed by atoms with Crippen LogP contribution in [0.5, 0.6) is 17.2 Å². The minimum atomic E-state index is -0.604. The molecule has 0 unspecified atom stereocenters. The highest BCUT2D eigenvalue weighted by atomic mass is 79.9. The molecule has 32 heavy (non-hydrogen) atoms. The molecule has 8 nitrogen and oxygen atoms in total. The number of amides is 2. The monoisotopic (exact) mass is 539 g/mol. The second-order valence-corrected chi connectivity index (χ2v) is 8.64. The molecule has 11 heteroatoms. The van der Waals surface area contributed by atoms with Gasteiger partial charge in [-0.1, -0.05) is 11.6 Å². The number of carbonyl (C=O) groups excluding carboxylic acids is 2. The fourth-order valence-electron chi connectivity index (χ4n) is 2.71. The van der Waals surface area contributed by atoms with Crippen LogP contribution < -0.4 is 25.3 Å². The smallest absolute Gasteiger partial charge is 0.264 e. The van der Waals surface area contributed by atoms with Gasteiger partial charge in [0.15, 0.2) is 23.3 Å². The number of rotatable bonds is 8. The standard InChI is InChI=1S/C21H19BrClN3O5S/c1-3-30-16-7-11(6-13(22)19(16)31-10-18(24)27)8-17-20(28)26-21(32-17)25-14-9-12(23)4-5-15(14)29-2/h4-9H,3,10H2,1-2H3,(H2,24,27)(H,25,26,28)/b17-8-. The second kappa shape index (κ2) is 10.8. The van der Waals surface area contributed by atoms with E-state index in [4.69, 9.17) is 31.5 Å². The number of nitrogens with one attached hydrogen (secondary N) is 1. The zero-order valence-electron chi connectivity index (χ0n) is 17.1. The molecule has 2 aromatic rings. The largest absolute Gasteiger partial charge is 0.494 e. The maximum absolute atomic E-state index is 12.5. The molecule has 1 heterocycles. The van der Waals surface area contributed by atoms with Crippen molar-refractivity contribution in [2.45, 2.75) is 6.92 Å². The van der Waals surface area contributed by atoms with Gasteiger partial charge in [0.05, 0.1) is 23.1 Å². The average molecular weight is 541 g/mol. The van der Waals surface area contributed by atoms with Crippen LogP contribution in [0.2, 0.25) is 5.02 Å². The number of aliphatic imine (C=N–C) groups is 1. The predicted octanol–water partition coefficient (Wildman–Crippen LogP) is 4.27. The molecule has 2 amide bonds. The Balaban J connectivity index is 1.89. The number of hydrogen-bond acceptors (Lipinski definition) is 7. The summed E-state index contributed by atoms with van der Waals surface area (Å²) in [6, 6.07) is 8.50. The first-order chi connectivity index (χ1) is 15.3. The summed E-state index contributed by atoms with van der Waals surface area (Å²) in [5.74, 6) is 0.402. The SMILES string of the molecule is CCOc1cc(/C=C2\SC(=Nc3cc(Cl)ccc3OC)NC2=O)cc(Br)c1OCC(N)=O. The van der Waals surface area contributed by atoms with Gasteiger partial charge in [-0.25, -0.2) is 4.99 Å². The van der Waals surface area contributed by atoms with Gasteiger partial charge in [-0.15, -0.1) is 0 Å². The van der Waals surface area contributed by atoms with E-state index in [0.717, 1.165) is 0 Å². The zero-order valence-corrected chi connectivity index (χ0v) is 20.3. The van der Waals surface area contributed by atoms with Crippen LogP contribution in [-0.2, 0) is 9.59 Å². The Kier molecular flexibility index (Phi) is 8.05. The molecule has 168 valence electrons. The van der Waals surface area contributed by atoms with Crippen molar-refractivity contribution in [3.8, 4) is 17.2 Å². The quantitative estimate of drug-likeness (QED) is 0.484. The van der Waals surface area contributed by atoms with Gasteiger partial charge >= 0.3 is 0 Å². The van der Waals surface area contributed by atoms with Crippen LogP contribution in [0.4, 0.5) is 5.69 Å². The van der Waals surface area contributed by atoms with Crippen molar-refractivity contribution in [2.24, 2.45) is 10.7 Å².